The quantitative estimate of drug-likeness (QED) is 0.777. The van der Waals surface area contributed by atoms with Crippen LogP contribution in [0.25, 0.3) is 0 Å². The average Bonchev–Trinajstić information content (AvgIpc) is 2.63. The lowest BCUT2D eigenvalue weighted by molar-refractivity contribution is -0.141. The Morgan fingerprint density at radius 1 is 1.32 bits per heavy atom. The van der Waals surface area contributed by atoms with Gasteiger partial charge >= 0.3 is 0 Å². The molecule has 0 saturated carbocycles. The smallest absolute Gasteiger partial charge is 0.239 e. The number of piperazine rings is 1. The number of hydrogen-bond donors (Lipinski definition) is 1. The Bertz CT molecular complexity index is 591. The van der Waals surface area contributed by atoms with E-state index in [4.69, 9.17) is 4.74 Å². The molecule has 1 atom stereocenters. The molecule has 25 heavy (non-hydrogen) atoms. The van der Waals surface area contributed by atoms with Crippen molar-refractivity contribution in [3.8, 4) is 5.75 Å². The monoisotopic (exact) mass is 347 g/mol. The topological polar surface area (TPSA) is 61.9 Å². The minimum Gasteiger partial charge on any atom is -0.496 e. The molecule has 0 aliphatic carbocycles. The maximum Gasteiger partial charge on any atom is 0.239 e. The summed E-state index contributed by atoms with van der Waals surface area (Å²) in [4.78, 5) is 28.6. The molecular weight excluding hydrogens is 318 g/mol. The summed E-state index contributed by atoms with van der Waals surface area (Å²) < 4.78 is 5.30. The van der Waals surface area contributed by atoms with Crippen LogP contribution in [0.15, 0.2) is 24.3 Å². The minimum atomic E-state index is -0.185. The Morgan fingerprint density at radius 3 is 2.80 bits per heavy atom. The Labute approximate surface area is 150 Å². The molecule has 0 radical (unpaired) electrons. The Kier molecular flexibility index (Phi) is 7.25. The molecule has 6 nitrogen and oxygen atoms in total. The molecule has 138 valence electrons. The third kappa shape index (κ3) is 5.19. The molecule has 1 N–H and O–H groups in total. The number of benzene rings is 1. The molecular formula is C19H29N3O3. The Balaban J connectivity index is 1.92. The summed E-state index contributed by atoms with van der Waals surface area (Å²) >= 11 is 0. The summed E-state index contributed by atoms with van der Waals surface area (Å²) in [6.45, 7) is 4.19. The zero-order valence-corrected chi connectivity index (χ0v) is 15.5. The van der Waals surface area contributed by atoms with Gasteiger partial charge in [0.25, 0.3) is 0 Å². The highest BCUT2D eigenvalue weighted by atomic mass is 16.5. The first kappa shape index (κ1) is 19.2. The number of amides is 2. The first-order valence-corrected chi connectivity index (χ1v) is 8.94. The molecule has 2 rings (SSSR count). The summed E-state index contributed by atoms with van der Waals surface area (Å²) in [6, 6.07) is 7.45. The molecule has 0 bridgehead atoms. The molecule has 1 heterocycles. The van der Waals surface area contributed by atoms with Crippen LogP contribution in [0.1, 0.15) is 31.7 Å². The number of rotatable bonds is 8. The van der Waals surface area contributed by atoms with E-state index in [1.165, 1.54) is 0 Å². The summed E-state index contributed by atoms with van der Waals surface area (Å²) in [7, 11) is 3.45. The van der Waals surface area contributed by atoms with Gasteiger partial charge in [0.2, 0.25) is 11.8 Å². The lowest BCUT2D eigenvalue weighted by Gasteiger charge is -2.38. The van der Waals surface area contributed by atoms with E-state index in [0.717, 1.165) is 37.1 Å². The third-order valence-corrected chi connectivity index (χ3v) is 4.67. The summed E-state index contributed by atoms with van der Waals surface area (Å²) in [5, 5.41) is 2.94. The van der Waals surface area contributed by atoms with Gasteiger partial charge in [-0.15, -0.1) is 0 Å². The van der Waals surface area contributed by atoms with Crippen molar-refractivity contribution in [3.63, 3.8) is 0 Å². The van der Waals surface area contributed by atoms with Gasteiger partial charge in [-0.1, -0.05) is 38.0 Å². The Hall–Kier alpha value is -2.08. The number of unbranched alkanes of at least 4 members (excludes halogenated alkanes) is 1. The van der Waals surface area contributed by atoms with E-state index in [-0.39, 0.29) is 24.4 Å². The molecule has 0 spiro atoms. The van der Waals surface area contributed by atoms with Crippen LogP contribution >= 0.6 is 0 Å². The zero-order chi connectivity index (χ0) is 18.2. The highest BCUT2D eigenvalue weighted by molar-refractivity contribution is 5.84. The van der Waals surface area contributed by atoms with Gasteiger partial charge in [-0.05, 0) is 12.5 Å². The van der Waals surface area contributed by atoms with Gasteiger partial charge in [0.15, 0.2) is 0 Å². The van der Waals surface area contributed by atoms with Gasteiger partial charge in [0.1, 0.15) is 5.75 Å². The molecule has 1 aliphatic rings. The van der Waals surface area contributed by atoms with Crippen molar-refractivity contribution >= 4 is 11.8 Å². The molecule has 1 aliphatic heterocycles. The average molecular weight is 347 g/mol. The van der Waals surface area contributed by atoms with Crippen molar-refractivity contribution in [2.45, 2.75) is 38.8 Å². The second kappa shape index (κ2) is 9.42. The highest BCUT2D eigenvalue weighted by Crippen LogP contribution is 2.18. The zero-order valence-electron chi connectivity index (χ0n) is 15.5. The van der Waals surface area contributed by atoms with Crippen molar-refractivity contribution in [3.05, 3.63) is 29.8 Å². The summed E-state index contributed by atoms with van der Waals surface area (Å²) in [5.41, 5.74) is 0.940. The number of hydrogen-bond acceptors (Lipinski definition) is 4. The molecule has 1 fully saturated rings. The molecule has 1 aromatic rings. The first-order valence-electron chi connectivity index (χ1n) is 8.94. The normalized spacial score (nSPS) is 18.3. The van der Waals surface area contributed by atoms with Gasteiger partial charge in [-0.3, -0.25) is 14.5 Å². The summed E-state index contributed by atoms with van der Waals surface area (Å²) in [5.74, 6) is 0.820. The molecule has 1 unspecified atom stereocenters. The number of likely N-dealkylation sites (N-methyl/N-ethyl adjacent to an activating group) is 1. The van der Waals surface area contributed by atoms with Gasteiger partial charge in [-0.2, -0.15) is 0 Å². The van der Waals surface area contributed by atoms with Crippen LogP contribution in [0.3, 0.4) is 0 Å². The number of methoxy groups -OCH3 is 1. The minimum absolute atomic E-state index is 0.0650. The van der Waals surface area contributed by atoms with Crippen molar-refractivity contribution in [1.82, 2.24) is 15.1 Å². The largest absolute Gasteiger partial charge is 0.496 e. The van der Waals surface area contributed by atoms with Crippen molar-refractivity contribution in [2.75, 3.05) is 33.8 Å². The number of carbonyl (C=O) groups is 2. The van der Waals surface area contributed by atoms with Crippen LogP contribution in [0.4, 0.5) is 0 Å². The van der Waals surface area contributed by atoms with Crippen molar-refractivity contribution in [2.24, 2.45) is 0 Å². The highest BCUT2D eigenvalue weighted by Gasteiger charge is 2.33. The lowest BCUT2D eigenvalue weighted by Crippen LogP contribution is -2.57. The van der Waals surface area contributed by atoms with Crippen LogP contribution in [0.5, 0.6) is 5.75 Å². The SMILES string of the molecule is CCCCC1C(=O)N(C)CCN1CC(=O)NCc1ccccc1OC. The molecule has 1 aromatic carbocycles. The summed E-state index contributed by atoms with van der Waals surface area (Å²) in [6.07, 6.45) is 2.84. The van der Waals surface area contributed by atoms with E-state index in [1.54, 1.807) is 12.0 Å². The lowest BCUT2D eigenvalue weighted by atomic mass is 10.0. The van der Waals surface area contributed by atoms with E-state index in [0.29, 0.717) is 13.1 Å². The number of ether oxygens (including phenoxy) is 1. The van der Waals surface area contributed by atoms with Crippen LogP contribution in [-0.4, -0.2) is 61.4 Å². The standard InChI is InChI=1S/C19H29N3O3/c1-4-5-9-16-19(24)21(2)11-12-22(16)14-18(23)20-13-15-8-6-7-10-17(15)25-3/h6-8,10,16H,4-5,9,11-14H2,1-3H3,(H,20,23). The second-order valence-electron chi connectivity index (χ2n) is 6.48. The van der Waals surface area contributed by atoms with Gasteiger partial charge in [0, 0.05) is 32.2 Å². The number of carbonyl (C=O) groups excluding carboxylic acids is 2. The fourth-order valence-electron chi connectivity index (χ4n) is 3.13. The van der Waals surface area contributed by atoms with Crippen LogP contribution in [0, 0.1) is 0 Å². The van der Waals surface area contributed by atoms with Gasteiger partial charge in [0.05, 0.1) is 19.7 Å². The molecule has 2 amide bonds. The van der Waals surface area contributed by atoms with E-state index >= 15 is 0 Å². The number of nitrogens with one attached hydrogen (secondary N) is 1. The first-order chi connectivity index (χ1) is 12.1. The van der Waals surface area contributed by atoms with Crippen molar-refractivity contribution in [1.29, 1.82) is 0 Å². The predicted molar refractivity (Wildman–Crippen MR) is 97.4 cm³/mol. The fraction of sp³-hybridized carbons (Fsp3) is 0.579. The van der Waals surface area contributed by atoms with Crippen LogP contribution in [-0.2, 0) is 16.1 Å². The maximum absolute atomic E-state index is 12.4. The number of nitrogens with zero attached hydrogens (tertiary/aromatic N) is 2. The van der Waals surface area contributed by atoms with Gasteiger partial charge in [-0.25, -0.2) is 0 Å². The van der Waals surface area contributed by atoms with E-state index in [9.17, 15) is 9.59 Å². The third-order valence-electron chi connectivity index (χ3n) is 4.67. The number of para-hydroxylation sites is 1. The van der Waals surface area contributed by atoms with Gasteiger partial charge < -0.3 is 15.0 Å². The van der Waals surface area contributed by atoms with E-state index in [1.807, 2.05) is 36.2 Å². The van der Waals surface area contributed by atoms with E-state index < -0.39 is 0 Å². The van der Waals surface area contributed by atoms with Crippen LogP contribution in [0.2, 0.25) is 0 Å². The molecule has 1 saturated heterocycles. The fourth-order valence-corrected chi connectivity index (χ4v) is 3.13. The van der Waals surface area contributed by atoms with Crippen LogP contribution < -0.4 is 10.1 Å². The second-order valence-corrected chi connectivity index (χ2v) is 6.48. The Morgan fingerprint density at radius 2 is 2.08 bits per heavy atom. The maximum atomic E-state index is 12.4. The molecule has 0 aromatic heterocycles. The predicted octanol–water partition coefficient (Wildman–Crippen LogP) is 1.64. The van der Waals surface area contributed by atoms with Crippen molar-refractivity contribution < 1.29 is 14.3 Å². The molecule has 6 heteroatoms. The van der Waals surface area contributed by atoms with E-state index in [2.05, 4.69) is 12.2 Å².